The van der Waals surface area contributed by atoms with Crippen molar-refractivity contribution in [3.8, 4) is 5.75 Å². The van der Waals surface area contributed by atoms with E-state index in [9.17, 15) is 9.90 Å². The molecule has 4 nitrogen and oxygen atoms in total. The third-order valence-corrected chi connectivity index (χ3v) is 4.01. The van der Waals surface area contributed by atoms with E-state index in [1.807, 2.05) is 6.92 Å². The minimum Gasteiger partial charge on any atom is -0.489 e. The van der Waals surface area contributed by atoms with Crippen molar-refractivity contribution in [2.24, 2.45) is 0 Å². The molecule has 1 aromatic rings. The highest BCUT2D eigenvalue weighted by Crippen LogP contribution is 2.32. The molecule has 1 aromatic carbocycles. The van der Waals surface area contributed by atoms with Gasteiger partial charge in [-0.15, -0.1) is 0 Å². The molecule has 1 amide bonds. The maximum absolute atomic E-state index is 11.9. The van der Waals surface area contributed by atoms with Crippen LogP contribution in [0.3, 0.4) is 0 Å². The summed E-state index contributed by atoms with van der Waals surface area (Å²) in [7, 11) is 0. The molecule has 0 aliphatic heterocycles. The number of aliphatic hydroxyl groups is 1. The number of carbonyl (C=O) groups is 1. The van der Waals surface area contributed by atoms with E-state index < -0.39 is 5.60 Å². The summed E-state index contributed by atoms with van der Waals surface area (Å²) in [6.45, 7) is 2.30. The molecular formula is C16H22ClNO3. The SMILES string of the molecule is CC(CNC(=O)CC1(O)CCCC1)Oc1ccc(Cl)cc1. The third kappa shape index (κ3) is 5.21. The Kier molecular flexibility index (Phi) is 5.48. The highest BCUT2D eigenvalue weighted by atomic mass is 35.5. The van der Waals surface area contributed by atoms with Gasteiger partial charge in [-0.2, -0.15) is 0 Å². The topological polar surface area (TPSA) is 58.6 Å². The van der Waals surface area contributed by atoms with Gasteiger partial charge in [-0.3, -0.25) is 4.79 Å². The van der Waals surface area contributed by atoms with Gasteiger partial charge in [0.25, 0.3) is 0 Å². The molecule has 1 unspecified atom stereocenters. The van der Waals surface area contributed by atoms with Crippen molar-refractivity contribution < 1.29 is 14.6 Å². The van der Waals surface area contributed by atoms with Gasteiger partial charge >= 0.3 is 0 Å². The first kappa shape index (κ1) is 16.1. The summed E-state index contributed by atoms with van der Waals surface area (Å²) in [5.74, 6) is 0.599. The zero-order valence-electron chi connectivity index (χ0n) is 12.3. The fourth-order valence-electron chi connectivity index (χ4n) is 2.62. The predicted octanol–water partition coefficient (Wildman–Crippen LogP) is 2.92. The molecule has 21 heavy (non-hydrogen) atoms. The van der Waals surface area contributed by atoms with Crippen molar-refractivity contribution in [1.82, 2.24) is 5.32 Å². The summed E-state index contributed by atoms with van der Waals surface area (Å²) in [6, 6.07) is 7.11. The minimum atomic E-state index is -0.801. The Labute approximate surface area is 130 Å². The van der Waals surface area contributed by atoms with Gasteiger partial charge in [0.1, 0.15) is 11.9 Å². The first-order chi connectivity index (χ1) is 9.97. The van der Waals surface area contributed by atoms with Crippen LogP contribution in [0.2, 0.25) is 5.02 Å². The van der Waals surface area contributed by atoms with E-state index in [2.05, 4.69) is 5.32 Å². The highest BCUT2D eigenvalue weighted by Gasteiger charge is 2.33. The molecule has 1 saturated carbocycles. The lowest BCUT2D eigenvalue weighted by Crippen LogP contribution is -2.38. The fraction of sp³-hybridized carbons (Fsp3) is 0.562. The summed E-state index contributed by atoms with van der Waals surface area (Å²) in [6.07, 6.45) is 3.47. The molecule has 1 fully saturated rings. The van der Waals surface area contributed by atoms with Gasteiger partial charge in [0.15, 0.2) is 0 Å². The van der Waals surface area contributed by atoms with Crippen LogP contribution in [0.4, 0.5) is 0 Å². The maximum Gasteiger partial charge on any atom is 0.223 e. The Morgan fingerprint density at radius 3 is 2.62 bits per heavy atom. The largest absolute Gasteiger partial charge is 0.489 e. The quantitative estimate of drug-likeness (QED) is 0.849. The second kappa shape index (κ2) is 7.14. The van der Waals surface area contributed by atoms with Crippen molar-refractivity contribution in [2.45, 2.75) is 50.7 Å². The van der Waals surface area contributed by atoms with Crippen LogP contribution in [0.1, 0.15) is 39.0 Å². The van der Waals surface area contributed by atoms with E-state index in [4.69, 9.17) is 16.3 Å². The van der Waals surface area contributed by atoms with Gasteiger partial charge in [0.2, 0.25) is 5.91 Å². The van der Waals surface area contributed by atoms with Crippen LogP contribution in [0.5, 0.6) is 5.75 Å². The molecule has 0 saturated heterocycles. The van der Waals surface area contributed by atoms with Crippen LogP contribution in [-0.2, 0) is 4.79 Å². The summed E-state index contributed by atoms with van der Waals surface area (Å²) >= 11 is 5.81. The monoisotopic (exact) mass is 311 g/mol. The van der Waals surface area contributed by atoms with Gasteiger partial charge < -0.3 is 15.2 Å². The molecule has 116 valence electrons. The number of rotatable bonds is 6. The Hall–Kier alpha value is -1.26. The maximum atomic E-state index is 11.9. The molecule has 0 radical (unpaired) electrons. The lowest BCUT2D eigenvalue weighted by atomic mass is 9.98. The molecule has 2 N–H and O–H groups in total. The van der Waals surface area contributed by atoms with Crippen LogP contribution in [0.25, 0.3) is 0 Å². The molecule has 5 heteroatoms. The average Bonchev–Trinajstić information content (AvgIpc) is 2.85. The lowest BCUT2D eigenvalue weighted by molar-refractivity contribution is -0.126. The Morgan fingerprint density at radius 1 is 1.38 bits per heavy atom. The van der Waals surface area contributed by atoms with Crippen molar-refractivity contribution >= 4 is 17.5 Å². The summed E-state index contributed by atoms with van der Waals surface area (Å²) in [5.41, 5.74) is -0.801. The van der Waals surface area contributed by atoms with E-state index in [0.29, 0.717) is 11.6 Å². The van der Waals surface area contributed by atoms with Crippen molar-refractivity contribution in [3.05, 3.63) is 29.3 Å². The number of hydrogen-bond acceptors (Lipinski definition) is 3. The molecular weight excluding hydrogens is 290 g/mol. The van der Waals surface area contributed by atoms with E-state index in [-0.39, 0.29) is 18.4 Å². The molecule has 0 heterocycles. The van der Waals surface area contributed by atoms with Crippen LogP contribution in [-0.4, -0.2) is 29.3 Å². The van der Waals surface area contributed by atoms with Gasteiger partial charge in [0, 0.05) is 5.02 Å². The first-order valence-electron chi connectivity index (χ1n) is 7.38. The van der Waals surface area contributed by atoms with E-state index >= 15 is 0 Å². The van der Waals surface area contributed by atoms with Crippen molar-refractivity contribution in [1.29, 1.82) is 0 Å². The Morgan fingerprint density at radius 2 is 2.00 bits per heavy atom. The molecule has 0 spiro atoms. The second-order valence-electron chi connectivity index (χ2n) is 5.79. The number of amides is 1. The van der Waals surface area contributed by atoms with Gasteiger partial charge in [-0.05, 0) is 44.0 Å². The highest BCUT2D eigenvalue weighted by molar-refractivity contribution is 6.30. The first-order valence-corrected chi connectivity index (χ1v) is 7.76. The number of nitrogens with one attached hydrogen (secondary N) is 1. The lowest BCUT2D eigenvalue weighted by Gasteiger charge is -2.22. The normalized spacial score (nSPS) is 18.2. The molecule has 0 aromatic heterocycles. The smallest absolute Gasteiger partial charge is 0.223 e. The van der Waals surface area contributed by atoms with E-state index in [0.717, 1.165) is 31.4 Å². The molecule has 1 atom stereocenters. The zero-order chi connectivity index (χ0) is 15.3. The van der Waals surface area contributed by atoms with Crippen LogP contribution in [0, 0.1) is 0 Å². The number of carbonyl (C=O) groups excluding carboxylic acids is 1. The van der Waals surface area contributed by atoms with Gasteiger partial charge in [-0.1, -0.05) is 24.4 Å². The second-order valence-corrected chi connectivity index (χ2v) is 6.23. The van der Waals surface area contributed by atoms with E-state index in [1.165, 1.54) is 0 Å². The van der Waals surface area contributed by atoms with Crippen molar-refractivity contribution in [2.75, 3.05) is 6.54 Å². The van der Waals surface area contributed by atoms with Gasteiger partial charge in [-0.25, -0.2) is 0 Å². The van der Waals surface area contributed by atoms with Gasteiger partial charge in [0.05, 0.1) is 18.6 Å². The Bertz CT molecular complexity index is 469. The number of ether oxygens (including phenoxy) is 1. The van der Waals surface area contributed by atoms with E-state index in [1.54, 1.807) is 24.3 Å². The molecule has 1 aliphatic carbocycles. The summed E-state index contributed by atoms with van der Waals surface area (Å²) in [5, 5.41) is 13.7. The third-order valence-electron chi connectivity index (χ3n) is 3.76. The average molecular weight is 312 g/mol. The van der Waals surface area contributed by atoms with Crippen molar-refractivity contribution in [3.63, 3.8) is 0 Å². The molecule has 1 aliphatic rings. The predicted molar refractivity (Wildman–Crippen MR) is 82.6 cm³/mol. The zero-order valence-corrected chi connectivity index (χ0v) is 13.0. The minimum absolute atomic E-state index is 0.119. The van der Waals surface area contributed by atoms with Crippen LogP contribution >= 0.6 is 11.6 Å². The summed E-state index contributed by atoms with van der Waals surface area (Å²) in [4.78, 5) is 11.9. The standard InChI is InChI=1S/C16H22ClNO3/c1-12(21-14-6-4-13(17)5-7-14)11-18-15(19)10-16(20)8-2-3-9-16/h4-7,12,20H,2-3,8-11H2,1H3,(H,18,19). The van der Waals surface area contributed by atoms with Crippen LogP contribution < -0.4 is 10.1 Å². The summed E-state index contributed by atoms with van der Waals surface area (Å²) < 4.78 is 5.68. The number of hydrogen-bond donors (Lipinski definition) is 2. The van der Waals surface area contributed by atoms with Crippen LogP contribution in [0.15, 0.2) is 24.3 Å². The fourth-order valence-corrected chi connectivity index (χ4v) is 2.74. The Balaban J connectivity index is 1.71. The number of benzene rings is 1. The molecule has 0 bridgehead atoms. The molecule has 2 rings (SSSR count). The number of halogens is 1.